The lowest BCUT2D eigenvalue weighted by Gasteiger charge is -2.17. The lowest BCUT2D eigenvalue weighted by Crippen LogP contribution is -2.17. The van der Waals surface area contributed by atoms with E-state index in [2.05, 4.69) is 20.6 Å². The van der Waals surface area contributed by atoms with Crippen molar-refractivity contribution in [2.75, 3.05) is 17.7 Å². The van der Waals surface area contributed by atoms with E-state index < -0.39 is 23.6 Å². The van der Waals surface area contributed by atoms with Gasteiger partial charge < -0.3 is 15.4 Å². The molecule has 168 valence electrons. The van der Waals surface area contributed by atoms with E-state index in [-0.39, 0.29) is 11.3 Å². The maximum absolute atomic E-state index is 13.6. The van der Waals surface area contributed by atoms with Gasteiger partial charge in [0.1, 0.15) is 11.5 Å². The lowest BCUT2D eigenvalue weighted by molar-refractivity contribution is -0.141. The molecule has 0 aliphatic carbocycles. The highest BCUT2D eigenvalue weighted by atomic mass is 19.4. The monoisotopic (exact) mass is 448 g/mol. The number of pyridine rings is 2. The first kappa shape index (κ1) is 23.0. The molecule has 2 aromatic heterocycles. The van der Waals surface area contributed by atoms with E-state index in [0.29, 0.717) is 34.9 Å². The van der Waals surface area contributed by atoms with E-state index in [0.717, 1.165) is 12.3 Å². The molecule has 0 aliphatic rings. The fraction of sp³-hybridized carbons (Fsp3) is 0.227. The molecular formula is C22H20F4N4O2. The van der Waals surface area contributed by atoms with Crippen molar-refractivity contribution < 1.29 is 27.1 Å². The Labute approximate surface area is 181 Å². The Kier molecular flexibility index (Phi) is 6.61. The summed E-state index contributed by atoms with van der Waals surface area (Å²) in [5.41, 5.74) is 0.321. The second-order valence-electron chi connectivity index (χ2n) is 6.83. The van der Waals surface area contributed by atoms with Crippen LogP contribution in [0.2, 0.25) is 0 Å². The van der Waals surface area contributed by atoms with E-state index >= 15 is 0 Å². The molecule has 1 aromatic carbocycles. The Morgan fingerprint density at radius 1 is 1.09 bits per heavy atom. The predicted octanol–water partition coefficient (Wildman–Crippen LogP) is 5.51. The smallest absolute Gasteiger partial charge is 0.433 e. The number of aryl methyl sites for hydroxylation is 2. The highest BCUT2D eigenvalue weighted by Gasteiger charge is 2.33. The number of nitrogens with one attached hydrogen (secondary N) is 2. The van der Waals surface area contributed by atoms with Gasteiger partial charge in [-0.1, -0.05) is 6.92 Å². The van der Waals surface area contributed by atoms with E-state index in [1.54, 1.807) is 26.0 Å². The largest absolute Gasteiger partial charge is 0.481 e. The summed E-state index contributed by atoms with van der Waals surface area (Å²) in [4.78, 5) is 20.5. The Balaban J connectivity index is 2.01. The molecule has 0 aliphatic heterocycles. The molecule has 2 heterocycles. The maximum Gasteiger partial charge on any atom is 0.433 e. The molecule has 0 bridgehead atoms. The number of methoxy groups -OCH3 is 1. The van der Waals surface area contributed by atoms with Crippen molar-refractivity contribution in [3.63, 3.8) is 0 Å². The van der Waals surface area contributed by atoms with E-state index in [4.69, 9.17) is 4.74 Å². The average Bonchev–Trinajstić information content (AvgIpc) is 2.75. The summed E-state index contributed by atoms with van der Waals surface area (Å²) in [5.74, 6) is -0.815. The van der Waals surface area contributed by atoms with Gasteiger partial charge in [-0.3, -0.25) is 9.78 Å². The molecule has 3 rings (SSSR count). The Morgan fingerprint density at radius 3 is 2.44 bits per heavy atom. The highest BCUT2D eigenvalue weighted by molar-refractivity contribution is 6.08. The number of benzene rings is 1. The van der Waals surface area contributed by atoms with Crippen LogP contribution in [-0.2, 0) is 12.6 Å². The fourth-order valence-electron chi connectivity index (χ4n) is 2.99. The molecule has 0 unspecified atom stereocenters. The number of carbonyl (C=O) groups excluding carboxylic acids is 1. The van der Waals surface area contributed by atoms with Gasteiger partial charge in [0.05, 0.1) is 29.7 Å². The first-order valence-corrected chi connectivity index (χ1v) is 9.58. The highest BCUT2D eigenvalue weighted by Crippen LogP contribution is 2.33. The standard InChI is InChI=1S/C22H20F4N4O2/c1-4-13-9-14(23)5-6-17(13)29-18-10-19(22(24,25)26)27-11-15(18)21(31)30-16-7-8-20(32-3)28-12(16)2/h5-11H,4H2,1-3H3,(H,27,29)(H,30,31). The Hall–Kier alpha value is -3.69. The second-order valence-corrected chi connectivity index (χ2v) is 6.83. The van der Waals surface area contributed by atoms with Crippen LogP contribution in [0, 0.1) is 12.7 Å². The number of alkyl halides is 3. The number of halogens is 4. The number of amides is 1. The van der Waals surface area contributed by atoms with Gasteiger partial charge in [-0.2, -0.15) is 13.2 Å². The molecule has 1 amide bonds. The van der Waals surface area contributed by atoms with Gasteiger partial charge in [0.25, 0.3) is 5.91 Å². The number of anilines is 3. The molecule has 6 nitrogen and oxygen atoms in total. The number of carbonyl (C=O) groups is 1. The zero-order chi connectivity index (χ0) is 23.5. The van der Waals surface area contributed by atoms with Crippen LogP contribution in [0.1, 0.15) is 34.2 Å². The van der Waals surface area contributed by atoms with Crippen LogP contribution in [0.3, 0.4) is 0 Å². The van der Waals surface area contributed by atoms with E-state index in [9.17, 15) is 22.4 Å². The number of hydrogen-bond donors (Lipinski definition) is 2. The summed E-state index contributed by atoms with van der Waals surface area (Å²) < 4.78 is 58.3. The number of ether oxygens (including phenoxy) is 1. The topological polar surface area (TPSA) is 76.1 Å². The van der Waals surface area contributed by atoms with Crippen LogP contribution < -0.4 is 15.4 Å². The molecule has 32 heavy (non-hydrogen) atoms. The molecule has 0 radical (unpaired) electrons. The molecule has 0 saturated heterocycles. The Bertz CT molecular complexity index is 1150. The summed E-state index contributed by atoms with van der Waals surface area (Å²) in [6.45, 7) is 3.43. The first-order chi connectivity index (χ1) is 15.1. The van der Waals surface area contributed by atoms with Crippen molar-refractivity contribution in [3.05, 3.63) is 70.9 Å². The van der Waals surface area contributed by atoms with E-state index in [1.165, 1.54) is 25.3 Å². The zero-order valence-electron chi connectivity index (χ0n) is 17.5. The van der Waals surface area contributed by atoms with Gasteiger partial charge >= 0.3 is 6.18 Å². The summed E-state index contributed by atoms with van der Waals surface area (Å²) in [6.07, 6.45) is -3.43. The zero-order valence-corrected chi connectivity index (χ0v) is 17.5. The second kappa shape index (κ2) is 9.21. The number of nitrogens with zero attached hydrogens (tertiary/aromatic N) is 2. The quantitative estimate of drug-likeness (QED) is 0.487. The third kappa shape index (κ3) is 5.13. The van der Waals surface area contributed by atoms with Crippen molar-refractivity contribution in [1.29, 1.82) is 0 Å². The molecule has 0 atom stereocenters. The predicted molar refractivity (Wildman–Crippen MR) is 112 cm³/mol. The van der Waals surface area contributed by atoms with Crippen LogP contribution in [0.4, 0.5) is 34.6 Å². The molecule has 0 fully saturated rings. The van der Waals surface area contributed by atoms with Gasteiger partial charge in [-0.15, -0.1) is 0 Å². The first-order valence-electron chi connectivity index (χ1n) is 9.58. The average molecular weight is 448 g/mol. The summed E-state index contributed by atoms with van der Waals surface area (Å²) >= 11 is 0. The van der Waals surface area contributed by atoms with Crippen LogP contribution >= 0.6 is 0 Å². The number of aromatic nitrogens is 2. The molecule has 3 aromatic rings. The van der Waals surface area contributed by atoms with Gasteiger partial charge in [-0.05, 0) is 49.2 Å². The fourth-order valence-corrected chi connectivity index (χ4v) is 2.99. The van der Waals surface area contributed by atoms with Gasteiger partial charge in [0.15, 0.2) is 0 Å². The van der Waals surface area contributed by atoms with Crippen molar-refractivity contribution in [1.82, 2.24) is 9.97 Å². The van der Waals surface area contributed by atoms with Crippen LogP contribution in [-0.4, -0.2) is 23.0 Å². The minimum Gasteiger partial charge on any atom is -0.481 e. The van der Waals surface area contributed by atoms with Crippen molar-refractivity contribution in [2.24, 2.45) is 0 Å². The third-order valence-electron chi connectivity index (χ3n) is 4.67. The van der Waals surface area contributed by atoms with E-state index in [1.807, 2.05) is 0 Å². The van der Waals surface area contributed by atoms with Gasteiger partial charge in [0.2, 0.25) is 5.88 Å². The SMILES string of the molecule is CCc1cc(F)ccc1Nc1cc(C(F)(F)F)ncc1C(=O)Nc1ccc(OC)nc1C. The van der Waals surface area contributed by atoms with Crippen molar-refractivity contribution >= 4 is 23.0 Å². The van der Waals surface area contributed by atoms with Gasteiger partial charge in [-0.25, -0.2) is 9.37 Å². The third-order valence-corrected chi connectivity index (χ3v) is 4.67. The molecule has 0 spiro atoms. The number of rotatable bonds is 6. The maximum atomic E-state index is 13.6. The van der Waals surface area contributed by atoms with Crippen LogP contribution in [0.25, 0.3) is 0 Å². The van der Waals surface area contributed by atoms with Crippen LogP contribution in [0.15, 0.2) is 42.6 Å². The van der Waals surface area contributed by atoms with Crippen molar-refractivity contribution in [3.8, 4) is 5.88 Å². The summed E-state index contributed by atoms with van der Waals surface area (Å²) in [7, 11) is 1.45. The molecular weight excluding hydrogens is 428 g/mol. The summed E-state index contributed by atoms with van der Waals surface area (Å²) in [6, 6.07) is 7.72. The van der Waals surface area contributed by atoms with Gasteiger partial charge in [0, 0.05) is 18.0 Å². The number of hydrogen-bond acceptors (Lipinski definition) is 5. The molecule has 2 N–H and O–H groups in total. The minimum absolute atomic E-state index is 0.120. The summed E-state index contributed by atoms with van der Waals surface area (Å²) in [5, 5.41) is 5.45. The molecule has 10 heteroatoms. The normalized spacial score (nSPS) is 11.2. The lowest BCUT2D eigenvalue weighted by atomic mass is 10.1. The van der Waals surface area contributed by atoms with Crippen LogP contribution in [0.5, 0.6) is 5.88 Å². The Morgan fingerprint density at radius 2 is 1.81 bits per heavy atom. The molecule has 0 saturated carbocycles. The van der Waals surface area contributed by atoms with Crippen molar-refractivity contribution in [2.45, 2.75) is 26.4 Å². The minimum atomic E-state index is -4.71.